The van der Waals surface area contributed by atoms with E-state index in [0.29, 0.717) is 39.8 Å². The van der Waals surface area contributed by atoms with Crippen molar-refractivity contribution in [2.45, 2.75) is 58.0 Å². The van der Waals surface area contributed by atoms with Gasteiger partial charge in [0, 0.05) is 23.1 Å². The number of benzene rings is 3. The fraction of sp³-hybridized carbons (Fsp3) is 0.333. The maximum Gasteiger partial charge on any atom is 0.264 e. The quantitative estimate of drug-likeness (QED) is 0.269. The van der Waals surface area contributed by atoms with Crippen LogP contribution in [0, 0.1) is 13.8 Å². The molecule has 10 heteroatoms. The monoisotopic (exact) mass is 603 g/mol. The minimum atomic E-state index is -4.13. The molecule has 0 unspecified atom stereocenters. The first kappa shape index (κ1) is 31.5. The highest BCUT2D eigenvalue weighted by molar-refractivity contribution is 7.92. The van der Waals surface area contributed by atoms with Crippen molar-refractivity contribution in [2.75, 3.05) is 17.4 Å². The second-order valence-corrected chi connectivity index (χ2v) is 12.3. The summed E-state index contributed by atoms with van der Waals surface area (Å²) in [6.45, 7) is 7.35. The summed E-state index contributed by atoms with van der Waals surface area (Å²) in [5.74, 6) is -0.850. The molecule has 0 saturated carbocycles. The SMILES string of the molecule is CCCNC(=O)[C@@H](CC)N(Cc1ccc(Cl)cc1Cl)C(=O)CN(c1cc(C)ccc1C)S(=O)(=O)c1ccccc1. The number of carbonyl (C=O) groups excluding carboxylic acids is 2. The highest BCUT2D eigenvalue weighted by atomic mass is 35.5. The van der Waals surface area contributed by atoms with Crippen LogP contribution < -0.4 is 9.62 Å². The minimum absolute atomic E-state index is 0.00108. The molecule has 1 atom stereocenters. The van der Waals surface area contributed by atoms with E-state index in [-0.39, 0.29) is 17.3 Å². The van der Waals surface area contributed by atoms with Crippen LogP contribution in [0.3, 0.4) is 0 Å². The lowest BCUT2D eigenvalue weighted by atomic mass is 10.1. The summed E-state index contributed by atoms with van der Waals surface area (Å²) in [7, 11) is -4.13. The maximum absolute atomic E-state index is 14.1. The van der Waals surface area contributed by atoms with Crippen LogP contribution in [0.1, 0.15) is 43.4 Å². The number of rotatable bonds is 12. The van der Waals surface area contributed by atoms with Crippen LogP contribution in [0.5, 0.6) is 0 Å². The summed E-state index contributed by atoms with van der Waals surface area (Å²) in [6.07, 6.45) is 1.05. The molecular formula is C30H35Cl2N3O4S. The Morgan fingerprint density at radius 3 is 2.27 bits per heavy atom. The van der Waals surface area contributed by atoms with Crippen molar-refractivity contribution in [3.05, 3.63) is 93.5 Å². The normalized spacial score (nSPS) is 12.1. The summed E-state index contributed by atoms with van der Waals surface area (Å²) < 4.78 is 29.0. The van der Waals surface area contributed by atoms with Gasteiger partial charge in [-0.05, 0) is 73.7 Å². The highest BCUT2D eigenvalue weighted by Gasteiger charge is 2.34. The van der Waals surface area contributed by atoms with E-state index in [1.807, 2.05) is 32.9 Å². The average Bonchev–Trinajstić information content (AvgIpc) is 2.93. The molecule has 0 radical (unpaired) electrons. The molecule has 214 valence electrons. The average molecular weight is 605 g/mol. The van der Waals surface area contributed by atoms with Gasteiger partial charge in [-0.3, -0.25) is 13.9 Å². The Labute approximate surface area is 247 Å². The number of amides is 2. The lowest BCUT2D eigenvalue weighted by molar-refractivity contribution is -0.140. The molecule has 0 aliphatic heterocycles. The van der Waals surface area contributed by atoms with Crippen molar-refractivity contribution in [1.29, 1.82) is 0 Å². The molecule has 0 aliphatic rings. The Balaban J connectivity index is 2.10. The molecule has 0 bridgehead atoms. The van der Waals surface area contributed by atoms with Gasteiger partial charge in [0.1, 0.15) is 12.6 Å². The highest BCUT2D eigenvalue weighted by Crippen LogP contribution is 2.29. The smallest absolute Gasteiger partial charge is 0.264 e. The largest absolute Gasteiger partial charge is 0.354 e. The van der Waals surface area contributed by atoms with Gasteiger partial charge in [0.2, 0.25) is 11.8 Å². The summed E-state index contributed by atoms with van der Waals surface area (Å²) in [5.41, 5.74) is 2.52. The Hall–Kier alpha value is -3.07. The molecule has 0 aliphatic carbocycles. The first-order valence-corrected chi connectivity index (χ1v) is 15.3. The molecule has 0 aromatic heterocycles. The minimum Gasteiger partial charge on any atom is -0.354 e. The zero-order valence-electron chi connectivity index (χ0n) is 23.2. The van der Waals surface area contributed by atoms with E-state index in [1.165, 1.54) is 17.0 Å². The Morgan fingerprint density at radius 2 is 1.65 bits per heavy atom. The van der Waals surface area contributed by atoms with E-state index in [4.69, 9.17) is 23.2 Å². The molecule has 3 aromatic rings. The molecule has 0 heterocycles. The summed E-state index contributed by atoms with van der Waals surface area (Å²) in [6, 6.07) is 17.5. The van der Waals surface area contributed by atoms with E-state index < -0.39 is 28.5 Å². The number of nitrogens with zero attached hydrogens (tertiary/aromatic N) is 2. The molecule has 0 fully saturated rings. The summed E-state index contributed by atoms with van der Waals surface area (Å²) >= 11 is 12.5. The maximum atomic E-state index is 14.1. The number of sulfonamides is 1. The number of nitrogens with one attached hydrogen (secondary N) is 1. The van der Waals surface area contributed by atoms with Crippen LogP contribution in [-0.2, 0) is 26.2 Å². The standard InChI is InChI=1S/C30H35Cl2N3O4S/c1-5-16-33-30(37)27(6-2)34(19-23-14-15-24(31)18-26(23)32)29(36)20-35(28-17-21(3)12-13-22(28)4)40(38,39)25-10-8-7-9-11-25/h7-15,17-18,27H,5-6,16,19-20H2,1-4H3,(H,33,37)/t27-/m1/s1. The Kier molecular flexibility index (Phi) is 11.0. The number of anilines is 1. The van der Waals surface area contributed by atoms with Gasteiger partial charge in [-0.1, -0.05) is 73.4 Å². The van der Waals surface area contributed by atoms with Crippen LogP contribution in [0.25, 0.3) is 0 Å². The third-order valence-corrected chi connectivity index (χ3v) is 8.90. The molecule has 1 N–H and O–H groups in total. The number of hydrogen-bond acceptors (Lipinski definition) is 4. The number of carbonyl (C=O) groups is 2. The van der Waals surface area contributed by atoms with E-state index in [2.05, 4.69) is 5.32 Å². The predicted molar refractivity (Wildman–Crippen MR) is 161 cm³/mol. The summed E-state index contributed by atoms with van der Waals surface area (Å²) in [4.78, 5) is 28.8. The first-order chi connectivity index (χ1) is 19.0. The van der Waals surface area contributed by atoms with Gasteiger partial charge in [0.15, 0.2) is 0 Å². The predicted octanol–water partition coefficient (Wildman–Crippen LogP) is 6.14. The lowest BCUT2D eigenvalue weighted by Crippen LogP contribution is -2.52. The van der Waals surface area contributed by atoms with Crippen molar-refractivity contribution in [2.24, 2.45) is 0 Å². The van der Waals surface area contributed by atoms with Crippen molar-refractivity contribution in [3.8, 4) is 0 Å². The molecule has 40 heavy (non-hydrogen) atoms. The van der Waals surface area contributed by atoms with Gasteiger partial charge < -0.3 is 10.2 Å². The molecule has 7 nitrogen and oxygen atoms in total. The Bertz CT molecular complexity index is 1450. The molecule has 2 amide bonds. The Morgan fingerprint density at radius 1 is 0.950 bits per heavy atom. The van der Waals surface area contributed by atoms with Gasteiger partial charge in [-0.2, -0.15) is 0 Å². The fourth-order valence-corrected chi connectivity index (χ4v) is 6.30. The van der Waals surface area contributed by atoms with E-state index >= 15 is 0 Å². The van der Waals surface area contributed by atoms with Crippen LogP contribution in [0.2, 0.25) is 10.0 Å². The molecule has 3 rings (SSSR count). The number of aryl methyl sites for hydroxylation is 2. The van der Waals surface area contributed by atoms with E-state index in [9.17, 15) is 18.0 Å². The van der Waals surface area contributed by atoms with Crippen LogP contribution in [0.15, 0.2) is 71.6 Å². The van der Waals surface area contributed by atoms with Crippen LogP contribution in [0.4, 0.5) is 5.69 Å². The van der Waals surface area contributed by atoms with Gasteiger partial charge in [0.05, 0.1) is 10.6 Å². The van der Waals surface area contributed by atoms with Crippen molar-refractivity contribution in [3.63, 3.8) is 0 Å². The van der Waals surface area contributed by atoms with Crippen molar-refractivity contribution in [1.82, 2.24) is 10.2 Å². The second-order valence-electron chi connectivity index (χ2n) is 9.59. The lowest BCUT2D eigenvalue weighted by Gasteiger charge is -2.33. The molecular weight excluding hydrogens is 569 g/mol. The molecule has 0 saturated heterocycles. The van der Waals surface area contributed by atoms with Crippen LogP contribution >= 0.6 is 23.2 Å². The topological polar surface area (TPSA) is 86.8 Å². The molecule has 0 spiro atoms. The zero-order valence-corrected chi connectivity index (χ0v) is 25.5. The van der Waals surface area contributed by atoms with Crippen molar-refractivity contribution >= 4 is 50.7 Å². The van der Waals surface area contributed by atoms with Gasteiger partial charge in [0.25, 0.3) is 10.0 Å². The number of halogens is 2. The number of hydrogen-bond donors (Lipinski definition) is 1. The zero-order chi connectivity index (χ0) is 29.4. The first-order valence-electron chi connectivity index (χ1n) is 13.2. The van der Waals surface area contributed by atoms with E-state index in [1.54, 1.807) is 49.4 Å². The van der Waals surface area contributed by atoms with Crippen molar-refractivity contribution < 1.29 is 18.0 Å². The van der Waals surface area contributed by atoms with Gasteiger partial charge in [-0.15, -0.1) is 0 Å². The van der Waals surface area contributed by atoms with E-state index in [0.717, 1.165) is 16.3 Å². The second kappa shape index (κ2) is 14.0. The summed E-state index contributed by atoms with van der Waals surface area (Å²) in [5, 5.41) is 3.65. The van der Waals surface area contributed by atoms with Crippen LogP contribution in [-0.4, -0.2) is 44.3 Å². The molecule has 3 aromatic carbocycles. The third kappa shape index (κ3) is 7.56. The van der Waals surface area contributed by atoms with Gasteiger partial charge >= 0.3 is 0 Å². The third-order valence-electron chi connectivity index (χ3n) is 6.53. The fourth-order valence-electron chi connectivity index (χ4n) is 4.34. The van der Waals surface area contributed by atoms with Gasteiger partial charge in [-0.25, -0.2) is 8.42 Å².